The van der Waals surface area contributed by atoms with Crippen molar-refractivity contribution in [3.63, 3.8) is 0 Å². The molecule has 0 aliphatic carbocycles. The van der Waals surface area contributed by atoms with Crippen LogP contribution in [0, 0.1) is 0 Å². The van der Waals surface area contributed by atoms with Gasteiger partial charge in [-0.15, -0.1) is 0 Å². The molecular formula is C17H28O4. The van der Waals surface area contributed by atoms with Gasteiger partial charge in [0.2, 0.25) is 0 Å². The minimum atomic E-state index is -0.299. The van der Waals surface area contributed by atoms with Gasteiger partial charge in [-0.05, 0) is 44.7 Å². The Hall–Kier alpha value is -1.26. The van der Waals surface area contributed by atoms with E-state index in [1.165, 1.54) is 0 Å². The molecule has 1 aromatic carbocycles. The highest BCUT2D eigenvalue weighted by Gasteiger charge is 2.15. The van der Waals surface area contributed by atoms with Gasteiger partial charge in [-0.3, -0.25) is 0 Å². The molecule has 21 heavy (non-hydrogen) atoms. The third-order valence-corrected chi connectivity index (χ3v) is 3.46. The SMILES string of the molecule is CCOC(C)Oc1ccc(C(C)CC)c(OC(C)OC)c1. The first-order valence-corrected chi connectivity index (χ1v) is 7.63. The maximum absolute atomic E-state index is 5.86. The van der Waals surface area contributed by atoms with Crippen LogP contribution in [0.2, 0.25) is 0 Å². The van der Waals surface area contributed by atoms with E-state index in [4.69, 9.17) is 18.9 Å². The van der Waals surface area contributed by atoms with Crippen LogP contribution in [-0.2, 0) is 9.47 Å². The average Bonchev–Trinajstić information content (AvgIpc) is 2.46. The number of ether oxygens (including phenoxy) is 4. The van der Waals surface area contributed by atoms with Crippen LogP contribution in [0.25, 0.3) is 0 Å². The van der Waals surface area contributed by atoms with E-state index in [-0.39, 0.29) is 12.6 Å². The Labute approximate surface area is 128 Å². The molecule has 3 unspecified atom stereocenters. The van der Waals surface area contributed by atoms with E-state index in [0.29, 0.717) is 12.5 Å². The van der Waals surface area contributed by atoms with Crippen LogP contribution in [0.3, 0.4) is 0 Å². The molecule has 0 fully saturated rings. The molecule has 1 rings (SSSR count). The molecule has 0 heterocycles. The summed E-state index contributed by atoms with van der Waals surface area (Å²) in [5, 5.41) is 0. The summed E-state index contributed by atoms with van der Waals surface area (Å²) in [5.41, 5.74) is 1.16. The lowest BCUT2D eigenvalue weighted by molar-refractivity contribution is -0.0620. The molecule has 0 bridgehead atoms. The number of benzene rings is 1. The quantitative estimate of drug-likeness (QED) is 0.635. The molecule has 0 amide bonds. The van der Waals surface area contributed by atoms with Gasteiger partial charge in [0.1, 0.15) is 11.5 Å². The van der Waals surface area contributed by atoms with Crippen LogP contribution in [-0.4, -0.2) is 26.3 Å². The van der Waals surface area contributed by atoms with E-state index in [1.807, 2.05) is 32.9 Å². The lowest BCUT2D eigenvalue weighted by Gasteiger charge is -2.21. The van der Waals surface area contributed by atoms with E-state index in [9.17, 15) is 0 Å². The zero-order chi connectivity index (χ0) is 15.8. The second kappa shape index (κ2) is 8.90. The minimum absolute atomic E-state index is 0.280. The van der Waals surface area contributed by atoms with Crippen molar-refractivity contribution in [2.45, 2.75) is 59.5 Å². The smallest absolute Gasteiger partial charge is 0.196 e. The van der Waals surface area contributed by atoms with Crippen LogP contribution in [0.15, 0.2) is 18.2 Å². The fourth-order valence-electron chi connectivity index (χ4n) is 2.00. The zero-order valence-corrected chi connectivity index (χ0v) is 14.0. The van der Waals surface area contributed by atoms with Crippen molar-refractivity contribution in [3.8, 4) is 11.5 Å². The van der Waals surface area contributed by atoms with Gasteiger partial charge >= 0.3 is 0 Å². The predicted octanol–water partition coefficient (Wildman–Crippen LogP) is 4.33. The van der Waals surface area contributed by atoms with Gasteiger partial charge in [0.15, 0.2) is 12.6 Å². The molecule has 4 heteroatoms. The fourth-order valence-corrected chi connectivity index (χ4v) is 2.00. The van der Waals surface area contributed by atoms with Crippen LogP contribution < -0.4 is 9.47 Å². The highest BCUT2D eigenvalue weighted by Crippen LogP contribution is 2.33. The molecule has 0 saturated heterocycles. The lowest BCUT2D eigenvalue weighted by atomic mass is 9.97. The van der Waals surface area contributed by atoms with Gasteiger partial charge in [-0.2, -0.15) is 0 Å². The summed E-state index contributed by atoms with van der Waals surface area (Å²) >= 11 is 0. The summed E-state index contributed by atoms with van der Waals surface area (Å²) in [7, 11) is 1.63. The lowest BCUT2D eigenvalue weighted by Crippen LogP contribution is -2.17. The summed E-state index contributed by atoms with van der Waals surface area (Å²) in [6.07, 6.45) is 0.470. The fraction of sp³-hybridized carbons (Fsp3) is 0.647. The van der Waals surface area contributed by atoms with Crippen LogP contribution in [0.1, 0.15) is 52.5 Å². The van der Waals surface area contributed by atoms with Gasteiger partial charge in [0.25, 0.3) is 0 Å². The van der Waals surface area contributed by atoms with Gasteiger partial charge in [-0.1, -0.05) is 19.9 Å². The highest BCUT2D eigenvalue weighted by molar-refractivity contribution is 5.42. The molecule has 3 atom stereocenters. The summed E-state index contributed by atoms with van der Waals surface area (Å²) in [6.45, 7) is 10.7. The Morgan fingerprint density at radius 3 is 2.29 bits per heavy atom. The third-order valence-electron chi connectivity index (χ3n) is 3.46. The Kier molecular flexibility index (Phi) is 7.54. The molecule has 0 aromatic heterocycles. The molecular weight excluding hydrogens is 268 g/mol. The van der Waals surface area contributed by atoms with Crippen molar-refractivity contribution >= 4 is 0 Å². The summed E-state index contributed by atoms with van der Waals surface area (Å²) < 4.78 is 22.2. The number of hydrogen-bond donors (Lipinski definition) is 0. The first kappa shape index (κ1) is 17.8. The molecule has 0 radical (unpaired) electrons. The Morgan fingerprint density at radius 2 is 1.71 bits per heavy atom. The largest absolute Gasteiger partial charge is 0.465 e. The van der Waals surface area contributed by atoms with E-state index >= 15 is 0 Å². The standard InChI is InChI=1S/C17H28O4/c1-7-12(3)16-10-9-15(20-14(5)19-8-2)11-17(16)21-13(4)18-6/h9-14H,7-8H2,1-6H3. The topological polar surface area (TPSA) is 36.9 Å². The van der Waals surface area contributed by atoms with Crippen LogP contribution >= 0.6 is 0 Å². The van der Waals surface area contributed by atoms with Gasteiger partial charge in [0, 0.05) is 19.8 Å². The molecule has 0 saturated carbocycles. The minimum Gasteiger partial charge on any atom is -0.465 e. The highest BCUT2D eigenvalue weighted by atomic mass is 16.7. The van der Waals surface area contributed by atoms with E-state index in [0.717, 1.165) is 23.5 Å². The molecule has 4 nitrogen and oxygen atoms in total. The third kappa shape index (κ3) is 5.56. The van der Waals surface area contributed by atoms with Gasteiger partial charge in [-0.25, -0.2) is 0 Å². The number of methoxy groups -OCH3 is 1. The van der Waals surface area contributed by atoms with Crippen molar-refractivity contribution < 1.29 is 18.9 Å². The van der Waals surface area contributed by atoms with Gasteiger partial charge < -0.3 is 18.9 Å². The molecule has 0 aliphatic rings. The number of rotatable bonds is 9. The molecule has 0 aliphatic heterocycles. The normalized spacial score (nSPS) is 15.3. The van der Waals surface area contributed by atoms with E-state index < -0.39 is 0 Å². The maximum Gasteiger partial charge on any atom is 0.196 e. The Balaban J connectivity index is 2.96. The average molecular weight is 296 g/mol. The van der Waals surface area contributed by atoms with E-state index in [1.54, 1.807) is 7.11 Å². The molecule has 0 N–H and O–H groups in total. The summed E-state index contributed by atoms with van der Waals surface area (Å²) in [4.78, 5) is 0. The summed E-state index contributed by atoms with van der Waals surface area (Å²) in [5.74, 6) is 1.96. The number of hydrogen-bond acceptors (Lipinski definition) is 4. The van der Waals surface area contributed by atoms with Gasteiger partial charge in [0.05, 0.1) is 0 Å². The van der Waals surface area contributed by atoms with Crippen molar-refractivity contribution in [1.82, 2.24) is 0 Å². The summed E-state index contributed by atoms with van der Waals surface area (Å²) in [6, 6.07) is 5.92. The predicted molar refractivity (Wildman–Crippen MR) is 84.0 cm³/mol. The first-order chi connectivity index (χ1) is 10.0. The van der Waals surface area contributed by atoms with Crippen molar-refractivity contribution in [3.05, 3.63) is 23.8 Å². The molecule has 120 valence electrons. The first-order valence-electron chi connectivity index (χ1n) is 7.63. The zero-order valence-electron chi connectivity index (χ0n) is 14.0. The van der Waals surface area contributed by atoms with E-state index in [2.05, 4.69) is 19.9 Å². The Bertz CT molecular complexity index is 419. The molecule has 0 spiro atoms. The van der Waals surface area contributed by atoms with Crippen molar-refractivity contribution in [1.29, 1.82) is 0 Å². The van der Waals surface area contributed by atoms with Crippen LogP contribution in [0.5, 0.6) is 11.5 Å². The maximum atomic E-state index is 5.86. The Morgan fingerprint density at radius 1 is 1.00 bits per heavy atom. The van der Waals surface area contributed by atoms with Crippen molar-refractivity contribution in [2.75, 3.05) is 13.7 Å². The van der Waals surface area contributed by atoms with Crippen LogP contribution in [0.4, 0.5) is 0 Å². The second-order valence-electron chi connectivity index (χ2n) is 5.07. The molecule has 1 aromatic rings. The monoisotopic (exact) mass is 296 g/mol. The second-order valence-corrected chi connectivity index (χ2v) is 5.07. The van der Waals surface area contributed by atoms with Crippen molar-refractivity contribution in [2.24, 2.45) is 0 Å².